The van der Waals surface area contributed by atoms with Crippen LogP contribution in [0.15, 0.2) is 0 Å². The van der Waals surface area contributed by atoms with Gasteiger partial charge in [0.05, 0.1) is 38.3 Å². The van der Waals surface area contributed by atoms with Crippen LogP contribution in [0.1, 0.15) is 6.92 Å². The Morgan fingerprint density at radius 1 is 1.60 bits per heavy atom. The zero-order valence-corrected chi connectivity index (χ0v) is 9.40. The molecule has 0 aromatic heterocycles. The summed E-state index contributed by atoms with van der Waals surface area (Å²) in [6, 6.07) is 0. The third kappa shape index (κ3) is 7.69. The molecule has 1 rings (SSSR count). The second kappa shape index (κ2) is 5.76. The van der Waals surface area contributed by atoms with Gasteiger partial charge >= 0.3 is 0 Å². The van der Waals surface area contributed by atoms with Gasteiger partial charge in [0, 0.05) is 0 Å². The molecule has 1 N–H and O–H groups in total. The van der Waals surface area contributed by atoms with Crippen molar-refractivity contribution < 1.29 is 27.2 Å². The van der Waals surface area contributed by atoms with Crippen molar-refractivity contribution in [3.05, 3.63) is 0 Å². The van der Waals surface area contributed by atoms with Crippen LogP contribution < -0.4 is 0 Å². The van der Waals surface area contributed by atoms with Gasteiger partial charge in [0.1, 0.15) is 6.10 Å². The number of ether oxygens (including phenoxy) is 3. The lowest BCUT2D eigenvalue weighted by molar-refractivity contribution is -0.00823. The molecule has 0 spiro atoms. The molecule has 1 aliphatic heterocycles. The third-order valence-corrected chi connectivity index (χ3v) is 2.49. The van der Waals surface area contributed by atoms with Gasteiger partial charge in [-0.3, -0.25) is 4.55 Å². The Bertz CT molecular complexity index is 271. The maximum atomic E-state index is 10.3. The maximum Gasteiger partial charge on any atom is 0.267 e. The van der Waals surface area contributed by atoms with E-state index < -0.39 is 10.1 Å². The molecule has 0 bridgehead atoms. The van der Waals surface area contributed by atoms with E-state index >= 15 is 0 Å². The molecule has 0 amide bonds. The Morgan fingerprint density at radius 3 is 2.80 bits per heavy atom. The van der Waals surface area contributed by atoms with E-state index in [4.69, 9.17) is 18.8 Å². The van der Waals surface area contributed by atoms with Gasteiger partial charge in [-0.15, -0.1) is 0 Å². The average molecular weight is 240 g/mol. The molecule has 1 heterocycles. The van der Waals surface area contributed by atoms with Gasteiger partial charge in [-0.2, -0.15) is 8.42 Å². The summed E-state index contributed by atoms with van der Waals surface area (Å²) in [5.74, 6) is -0.383. The van der Waals surface area contributed by atoms with Crippen LogP contribution in [0.4, 0.5) is 0 Å². The standard InChI is InChI=1S/C8H16O6S/c1-7(13-5-8-6-14-8)4-12-2-3-15(9,10)11/h7-8H,2-6H2,1H3,(H,9,10,11). The molecule has 15 heavy (non-hydrogen) atoms. The van der Waals surface area contributed by atoms with Gasteiger partial charge in [0.25, 0.3) is 10.1 Å². The Labute approximate surface area is 89.3 Å². The van der Waals surface area contributed by atoms with E-state index in [0.717, 1.165) is 6.61 Å². The average Bonchev–Trinajstić information content (AvgIpc) is 2.91. The molecule has 7 heteroatoms. The molecule has 0 aliphatic carbocycles. The molecule has 1 aliphatic rings. The first-order valence-electron chi connectivity index (χ1n) is 4.73. The van der Waals surface area contributed by atoms with E-state index in [1.165, 1.54) is 0 Å². The zero-order valence-electron chi connectivity index (χ0n) is 8.59. The molecule has 0 aromatic carbocycles. The molecule has 6 nitrogen and oxygen atoms in total. The molecule has 1 saturated heterocycles. The van der Waals surface area contributed by atoms with Gasteiger partial charge in [-0.1, -0.05) is 0 Å². The highest BCUT2D eigenvalue weighted by Crippen LogP contribution is 2.09. The summed E-state index contributed by atoms with van der Waals surface area (Å²) < 4.78 is 44.4. The highest BCUT2D eigenvalue weighted by molar-refractivity contribution is 7.85. The van der Waals surface area contributed by atoms with Crippen LogP contribution >= 0.6 is 0 Å². The summed E-state index contributed by atoms with van der Waals surface area (Å²) >= 11 is 0. The highest BCUT2D eigenvalue weighted by atomic mass is 32.2. The first kappa shape index (κ1) is 12.9. The van der Waals surface area contributed by atoms with Crippen LogP contribution in [0.5, 0.6) is 0 Å². The minimum atomic E-state index is -3.92. The predicted octanol–water partition coefficient (Wildman–Crippen LogP) is -0.305. The van der Waals surface area contributed by atoms with Gasteiger partial charge in [-0.05, 0) is 6.92 Å². The van der Waals surface area contributed by atoms with E-state index in [-0.39, 0.29) is 24.6 Å². The highest BCUT2D eigenvalue weighted by Gasteiger charge is 2.23. The Hall–Kier alpha value is -0.210. The quantitative estimate of drug-likeness (QED) is 0.356. The topological polar surface area (TPSA) is 85.4 Å². The van der Waals surface area contributed by atoms with Crippen LogP contribution in [0.25, 0.3) is 0 Å². The fourth-order valence-corrected chi connectivity index (χ4v) is 1.23. The summed E-state index contributed by atoms with van der Waals surface area (Å²) in [5.41, 5.74) is 0. The summed E-state index contributed by atoms with van der Waals surface area (Å²) in [6.45, 7) is 3.41. The molecule has 0 aromatic rings. The minimum Gasteiger partial charge on any atom is -0.378 e. The molecule has 0 radical (unpaired) electrons. The van der Waals surface area contributed by atoms with Crippen molar-refractivity contribution in [2.24, 2.45) is 0 Å². The van der Waals surface area contributed by atoms with Crippen LogP contribution in [0.2, 0.25) is 0 Å². The fraction of sp³-hybridized carbons (Fsp3) is 1.00. The molecule has 0 saturated carbocycles. The minimum absolute atomic E-state index is 0.0214. The Kier molecular flexibility index (Phi) is 4.94. The lowest BCUT2D eigenvalue weighted by Gasteiger charge is -2.11. The van der Waals surface area contributed by atoms with E-state index in [1.54, 1.807) is 0 Å². The molecule has 2 unspecified atom stereocenters. The Morgan fingerprint density at radius 2 is 2.27 bits per heavy atom. The zero-order chi connectivity index (χ0) is 11.3. The van der Waals surface area contributed by atoms with Crippen LogP contribution in [-0.4, -0.2) is 57.4 Å². The maximum absolute atomic E-state index is 10.3. The van der Waals surface area contributed by atoms with Crippen molar-refractivity contribution in [1.29, 1.82) is 0 Å². The van der Waals surface area contributed by atoms with Gasteiger partial charge in [0.2, 0.25) is 0 Å². The van der Waals surface area contributed by atoms with Crippen molar-refractivity contribution in [1.82, 2.24) is 0 Å². The second-order valence-corrected chi connectivity index (χ2v) is 5.03. The number of epoxide rings is 1. The molecule has 1 fully saturated rings. The second-order valence-electron chi connectivity index (χ2n) is 3.46. The summed E-state index contributed by atoms with van der Waals surface area (Å²) in [4.78, 5) is 0. The largest absolute Gasteiger partial charge is 0.378 e. The van der Waals surface area contributed by atoms with Crippen LogP contribution in [0.3, 0.4) is 0 Å². The third-order valence-electron chi connectivity index (χ3n) is 1.81. The van der Waals surface area contributed by atoms with Crippen molar-refractivity contribution >= 4 is 10.1 Å². The summed E-state index contributed by atoms with van der Waals surface area (Å²) in [6.07, 6.45) is 0.112. The molecular formula is C8H16O6S. The van der Waals surface area contributed by atoms with Crippen molar-refractivity contribution in [2.45, 2.75) is 19.1 Å². The SMILES string of the molecule is CC(COCCS(=O)(=O)O)OCC1CO1. The van der Waals surface area contributed by atoms with Gasteiger partial charge in [-0.25, -0.2) is 0 Å². The van der Waals surface area contributed by atoms with Gasteiger partial charge in [0.15, 0.2) is 0 Å². The van der Waals surface area contributed by atoms with Crippen molar-refractivity contribution in [3.63, 3.8) is 0 Å². The summed E-state index contributed by atoms with van der Waals surface area (Å²) in [5, 5.41) is 0. The van der Waals surface area contributed by atoms with E-state index in [1.807, 2.05) is 6.92 Å². The summed E-state index contributed by atoms with van der Waals surface area (Å²) in [7, 11) is -3.92. The first-order valence-corrected chi connectivity index (χ1v) is 6.34. The lowest BCUT2D eigenvalue weighted by atomic mass is 10.4. The van der Waals surface area contributed by atoms with Crippen LogP contribution in [-0.2, 0) is 24.3 Å². The van der Waals surface area contributed by atoms with Gasteiger partial charge < -0.3 is 14.2 Å². The van der Waals surface area contributed by atoms with E-state index in [9.17, 15) is 8.42 Å². The monoisotopic (exact) mass is 240 g/mol. The van der Waals surface area contributed by atoms with Crippen molar-refractivity contribution in [3.8, 4) is 0 Å². The number of rotatable bonds is 8. The van der Waals surface area contributed by atoms with Crippen LogP contribution in [0, 0.1) is 0 Å². The fourth-order valence-electron chi connectivity index (χ4n) is 0.898. The number of hydrogen-bond acceptors (Lipinski definition) is 5. The first-order chi connectivity index (χ1) is 6.97. The smallest absolute Gasteiger partial charge is 0.267 e. The molecule has 2 atom stereocenters. The van der Waals surface area contributed by atoms with Crippen molar-refractivity contribution in [2.75, 3.05) is 32.2 Å². The molecular weight excluding hydrogens is 224 g/mol. The normalized spacial score (nSPS) is 22.7. The predicted molar refractivity (Wildman–Crippen MR) is 52.4 cm³/mol. The lowest BCUT2D eigenvalue weighted by Crippen LogP contribution is -2.21. The van der Waals surface area contributed by atoms with E-state index in [0.29, 0.717) is 13.2 Å². The van der Waals surface area contributed by atoms with E-state index in [2.05, 4.69) is 0 Å². The number of hydrogen-bond donors (Lipinski definition) is 1. The molecule has 90 valence electrons. The Balaban J connectivity index is 1.93.